The lowest BCUT2D eigenvalue weighted by molar-refractivity contribution is -0.165. The Morgan fingerprint density at radius 2 is 1.62 bits per heavy atom. The van der Waals surface area contributed by atoms with Crippen molar-refractivity contribution in [1.82, 2.24) is 0 Å². The van der Waals surface area contributed by atoms with Gasteiger partial charge in [0.15, 0.2) is 6.10 Å². The Bertz CT molecular complexity index is 165. The van der Waals surface area contributed by atoms with Crippen LogP contribution < -0.4 is 0 Å². The average Bonchev–Trinajstić information content (AvgIpc) is 2.00. The van der Waals surface area contributed by atoms with Crippen molar-refractivity contribution in [3.05, 3.63) is 0 Å². The second kappa shape index (κ2) is 5.19. The van der Waals surface area contributed by atoms with E-state index in [1.54, 1.807) is 27.7 Å². The molecular formula is C9H18O4. The van der Waals surface area contributed by atoms with Crippen molar-refractivity contribution >= 4 is 5.97 Å². The number of rotatable bonds is 4. The van der Waals surface area contributed by atoms with Gasteiger partial charge in [0.2, 0.25) is 0 Å². The molecule has 0 saturated carbocycles. The summed E-state index contributed by atoms with van der Waals surface area (Å²) in [5.41, 5.74) is 0. The molecule has 0 aromatic carbocycles. The fourth-order valence-electron chi connectivity index (χ4n) is 0.806. The molecule has 0 rings (SSSR count). The highest BCUT2D eigenvalue weighted by Gasteiger charge is 2.28. The largest absolute Gasteiger partial charge is 0.461 e. The number of ether oxygens (including phenoxy) is 1. The zero-order valence-corrected chi connectivity index (χ0v) is 8.52. The van der Waals surface area contributed by atoms with Gasteiger partial charge in [-0.2, -0.15) is 0 Å². The van der Waals surface area contributed by atoms with E-state index in [2.05, 4.69) is 0 Å². The van der Waals surface area contributed by atoms with Gasteiger partial charge in [0, 0.05) is 0 Å². The number of carbonyl (C=O) groups excluding carboxylic acids is 1. The van der Waals surface area contributed by atoms with Crippen molar-refractivity contribution in [1.29, 1.82) is 0 Å². The van der Waals surface area contributed by atoms with Gasteiger partial charge in [-0.15, -0.1) is 0 Å². The molecule has 0 saturated heterocycles. The number of hydrogen-bond donors (Lipinski definition) is 2. The van der Waals surface area contributed by atoms with Crippen LogP contribution in [0.25, 0.3) is 0 Å². The minimum absolute atomic E-state index is 0.172. The topological polar surface area (TPSA) is 66.8 Å². The summed E-state index contributed by atoms with van der Waals surface area (Å²) in [5.74, 6) is -0.939. The smallest absolute Gasteiger partial charge is 0.337 e. The summed E-state index contributed by atoms with van der Waals surface area (Å²) in [6.45, 7) is 6.81. The quantitative estimate of drug-likeness (QED) is 0.626. The summed E-state index contributed by atoms with van der Waals surface area (Å²) in [5, 5.41) is 18.6. The number of hydrogen-bond acceptors (Lipinski definition) is 4. The minimum atomic E-state index is -1.44. The van der Waals surface area contributed by atoms with Crippen molar-refractivity contribution in [2.24, 2.45) is 5.92 Å². The van der Waals surface area contributed by atoms with Crippen molar-refractivity contribution in [2.75, 3.05) is 0 Å². The molecule has 0 aromatic rings. The van der Waals surface area contributed by atoms with Crippen LogP contribution in [-0.2, 0) is 9.53 Å². The Morgan fingerprint density at radius 3 is 1.92 bits per heavy atom. The summed E-state index contributed by atoms with van der Waals surface area (Å²) in [4.78, 5) is 11.1. The van der Waals surface area contributed by atoms with Crippen LogP contribution in [0.4, 0.5) is 0 Å². The summed E-state index contributed by atoms with van der Waals surface area (Å²) < 4.78 is 4.73. The molecule has 1 unspecified atom stereocenters. The summed E-state index contributed by atoms with van der Waals surface area (Å²) in [6, 6.07) is 0. The number of aliphatic hydroxyl groups is 2. The molecule has 0 aliphatic rings. The second-order valence-electron chi connectivity index (χ2n) is 3.67. The zero-order valence-electron chi connectivity index (χ0n) is 8.52. The van der Waals surface area contributed by atoms with Gasteiger partial charge in [-0.05, 0) is 19.8 Å². The van der Waals surface area contributed by atoms with E-state index in [-0.39, 0.29) is 12.0 Å². The minimum Gasteiger partial charge on any atom is -0.461 e. The van der Waals surface area contributed by atoms with E-state index in [0.29, 0.717) is 0 Å². The number of carbonyl (C=O) groups is 1. The summed E-state index contributed by atoms with van der Waals surface area (Å²) in [7, 11) is 0. The zero-order chi connectivity index (χ0) is 10.6. The molecule has 0 fully saturated rings. The molecule has 0 amide bonds. The standard InChI is InChI=1S/C9H18O4/c1-5(2)7(10)8(11)9(12)13-6(3)4/h5-8,10-11H,1-4H3/t7-,8?/m0/s1. The maximum atomic E-state index is 11.1. The molecule has 78 valence electrons. The SMILES string of the molecule is CC(C)OC(=O)C(O)[C@@H](O)C(C)C. The van der Waals surface area contributed by atoms with Crippen LogP contribution in [0.3, 0.4) is 0 Å². The van der Waals surface area contributed by atoms with Crippen molar-refractivity contribution in [3.8, 4) is 0 Å². The Labute approximate surface area is 78.5 Å². The van der Waals surface area contributed by atoms with Gasteiger partial charge < -0.3 is 14.9 Å². The van der Waals surface area contributed by atoms with Crippen LogP contribution in [-0.4, -0.2) is 34.5 Å². The Balaban J connectivity index is 4.09. The van der Waals surface area contributed by atoms with E-state index in [0.717, 1.165) is 0 Å². The Kier molecular flexibility index (Phi) is 4.95. The monoisotopic (exact) mass is 190 g/mol. The molecule has 0 radical (unpaired) electrons. The highest BCUT2D eigenvalue weighted by Crippen LogP contribution is 2.08. The van der Waals surface area contributed by atoms with Crippen LogP contribution in [0.5, 0.6) is 0 Å². The van der Waals surface area contributed by atoms with Gasteiger partial charge in [-0.3, -0.25) is 0 Å². The molecule has 0 aliphatic carbocycles. The third kappa shape index (κ3) is 4.24. The van der Waals surface area contributed by atoms with Gasteiger partial charge in [0.05, 0.1) is 12.2 Å². The normalized spacial score (nSPS) is 16.0. The lowest BCUT2D eigenvalue weighted by Crippen LogP contribution is -2.39. The van der Waals surface area contributed by atoms with Crippen molar-refractivity contribution < 1.29 is 19.7 Å². The molecule has 0 bridgehead atoms. The molecule has 2 N–H and O–H groups in total. The average molecular weight is 190 g/mol. The maximum Gasteiger partial charge on any atom is 0.337 e. The van der Waals surface area contributed by atoms with E-state index in [4.69, 9.17) is 4.74 Å². The highest BCUT2D eigenvalue weighted by molar-refractivity contribution is 5.75. The highest BCUT2D eigenvalue weighted by atomic mass is 16.6. The third-order valence-corrected chi connectivity index (χ3v) is 1.60. The van der Waals surface area contributed by atoms with Gasteiger partial charge in [0.25, 0.3) is 0 Å². The second-order valence-corrected chi connectivity index (χ2v) is 3.67. The fourth-order valence-corrected chi connectivity index (χ4v) is 0.806. The summed E-state index contributed by atoms with van der Waals surface area (Å²) >= 11 is 0. The maximum absolute atomic E-state index is 11.1. The fraction of sp³-hybridized carbons (Fsp3) is 0.889. The van der Waals surface area contributed by atoms with Crippen molar-refractivity contribution in [3.63, 3.8) is 0 Å². The van der Waals surface area contributed by atoms with Crippen LogP contribution in [0.1, 0.15) is 27.7 Å². The molecule has 4 nitrogen and oxygen atoms in total. The molecule has 2 atom stereocenters. The van der Waals surface area contributed by atoms with Crippen LogP contribution in [0, 0.1) is 5.92 Å². The number of aliphatic hydroxyl groups excluding tert-OH is 2. The molecule has 0 aromatic heterocycles. The lowest BCUT2D eigenvalue weighted by atomic mass is 10.0. The van der Waals surface area contributed by atoms with Crippen molar-refractivity contribution in [2.45, 2.75) is 46.0 Å². The van der Waals surface area contributed by atoms with Gasteiger partial charge in [-0.1, -0.05) is 13.8 Å². The number of esters is 1. The van der Waals surface area contributed by atoms with E-state index < -0.39 is 18.2 Å². The molecule has 0 spiro atoms. The first kappa shape index (κ1) is 12.4. The van der Waals surface area contributed by atoms with Gasteiger partial charge in [0.1, 0.15) is 0 Å². The summed E-state index contributed by atoms with van der Waals surface area (Å²) in [6.07, 6.45) is -2.78. The Hall–Kier alpha value is -0.610. The van der Waals surface area contributed by atoms with E-state index in [9.17, 15) is 15.0 Å². The van der Waals surface area contributed by atoms with Crippen LogP contribution in [0.2, 0.25) is 0 Å². The predicted octanol–water partition coefficient (Wildman–Crippen LogP) is 0.316. The molecule has 4 heteroatoms. The van der Waals surface area contributed by atoms with Crippen LogP contribution >= 0.6 is 0 Å². The van der Waals surface area contributed by atoms with E-state index in [1.165, 1.54) is 0 Å². The van der Waals surface area contributed by atoms with Gasteiger partial charge >= 0.3 is 5.97 Å². The first-order valence-electron chi connectivity index (χ1n) is 4.43. The van der Waals surface area contributed by atoms with E-state index in [1.807, 2.05) is 0 Å². The Morgan fingerprint density at radius 1 is 1.15 bits per heavy atom. The third-order valence-electron chi connectivity index (χ3n) is 1.60. The van der Waals surface area contributed by atoms with E-state index >= 15 is 0 Å². The predicted molar refractivity (Wildman–Crippen MR) is 48.1 cm³/mol. The van der Waals surface area contributed by atoms with Crippen LogP contribution in [0.15, 0.2) is 0 Å². The lowest BCUT2D eigenvalue weighted by Gasteiger charge is -2.20. The first-order valence-corrected chi connectivity index (χ1v) is 4.43. The molecule has 0 aliphatic heterocycles. The van der Waals surface area contributed by atoms with Gasteiger partial charge in [-0.25, -0.2) is 4.79 Å². The molecule has 13 heavy (non-hydrogen) atoms. The molecule has 0 heterocycles. The molecular weight excluding hydrogens is 172 g/mol. The first-order chi connectivity index (χ1) is 5.86.